The predicted molar refractivity (Wildman–Crippen MR) is 145 cm³/mol. The molecule has 5 rings (SSSR count). The number of halogens is 1. The molecule has 0 saturated carbocycles. The smallest absolute Gasteiger partial charge is 0.174 e. The highest BCUT2D eigenvalue weighted by molar-refractivity contribution is 9.10. The van der Waals surface area contributed by atoms with Crippen LogP contribution in [0.25, 0.3) is 11.3 Å². The zero-order valence-corrected chi connectivity index (χ0v) is 21.6. The zero-order chi connectivity index (χ0) is 23.8. The highest BCUT2D eigenvalue weighted by atomic mass is 79.9. The summed E-state index contributed by atoms with van der Waals surface area (Å²) >= 11 is 9.51. The molecule has 0 aliphatic carbocycles. The number of anilines is 2. The number of thiocarbonyl (C=S) groups is 1. The van der Waals surface area contributed by atoms with E-state index < -0.39 is 0 Å². The van der Waals surface area contributed by atoms with Crippen molar-refractivity contribution in [2.24, 2.45) is 0 Å². The van der Waals surface area contributed by atoms with Crippen molar-refractivity contribution in [3.8, 4) is 11.3 Å². The van der Waals surface area contributed by atoms with Crippen LogP contribution in [-0.2, 0) is 0 Å². The Kier molecular flexibility index (Phi) is 6.15. The van der Waals surface area contributed by atoms with Crippen molar-refractivity contribution in [1.29, 1.82) is 0 Å². The van der Waals surface area contributed by atoms with Gasteiger partial charge in [0, 0.05) is 41.7 Å². The lowest BCUT2D eigenvalue weighted by molar-refractivity contribution is 0.439. The molecule has 3 heterocycles. The summed E-state index contributed by atoms with van der Waals surface area (Å²) in [7, 11) is 4.06. The summed E-state index contributed by atoms with van der Waals surface area (Å²) in [5, 5.41) is 4.13. The van der Waals surface area contributed by atoms with E-state index in [0.717, 1.165) is 38.6 Å². The molecule has 1 aliphatic heterocycles. The van der Waals surface area contributed by atoms with Crippen LogP contribution in [0.2, 0.25) is 0 Å². The molecule has 172 valence electrons. The van der Waals surface area contributed by atoms with Crippen LogP contribution < -0.4 is 15.1 Å². The lowest BCUT2D eigenvalue weighted by Gasteiger charge is -2.26. The van der Waals surface area contributed by atoms with Gasteiger partial charge in [0.15, 0.2) is 5.11 Å². The van der Waals surface area contributed by atoms with Crippen molar-refractivity contribution >= 4 is 44.6 Å². The van der Waals surface area contributed by atoms with Crippen molar-refractivity contribution < 1.29 is 4.42 Å². The van der Waals surface area contributed by atoms with Crippen molar-refractivity contribution in [2.75, 3.05) is 23.9 Å². The highest BCUT2D eigenvalue weighted by Crippen LogP contribution is 2.43. The molecule has 2 unspecified atom stereocenters. The molecule has 0 spiro atoms. The van der Waals surface area contributed by atoms with Gasteiger partial charge in [-0.3, -0.25) is 4.98 Å². The van der Waals surface area contributed by atoms with Crippen LogP contribution in [0.1, 0.15) is 29.1 Å². The molecule has 1 aliphatic rings. The van der Waals surface area contributed by atoms with Crippen LogP contribution in [0.15, 0.2) is 87.9 Å². The molecule has 34 heavy (non-hydrogen) atoms. The van der Waals surface area contributed by atoms with Gasteiger partial charge in [-0.15, -0.1) is 0 Å². The molecule has 1 fully saturated rings. The van der Waals surface area contributed by atoms with Crippen LogP contribution in [-0.4, -0.2) is 24.2 Å². The standard InChI is InChI=1S/C27H25BrN4OS/c1-17-7-12-20(21(28)16-17)23-13-14-24(33-23)26-25(22-6-4-5-15-29-22)30-27(34)32(26)19-10-8-18(9-11-19)31(2)3/h4-16,25-26H,1-3H3,(H,30,34). The molecule has 0 radical (unpaired) electrons. The Morgan fingerprint density at radius 1 is 1.03 bits per heavy atom. The Morgan fingerprint density at radius 2 is 1.82 bits per heavy atom. The molecular formula is C27H25BrN4OS. The Hall–Kier alpha value is -3.16. The Bertz CT molecular complexity index is 1320. The van der Waals surface area contributed by atoms with E-state index in [-0.39, 0.29) is 12.1 Å². The molecule has 2 aromatic heterocycles. The van der Waals surface area contributed by atoms with E-state index in [4.69, 9.17) is 16.6 Å². The third-order valence-electron chi connectivity index (χ3n) is 6.05. The Labute approximate surface area is 213 Å². The molecular weight excluding hydrogens is 508 g/mol. The van der Waals surface area contributed by atoms with Gasteiger partial charge >= 0.3 is 0 Å². The first-order valence-electron chi connectivity index (χ1n) is 11.1. The number of hydrogen-bond donors (Lipinski definition) is 1. The van der Waals surface area contributed by atoms with Crippen molar-refractivity contribution in [3.63, 3.8) is 0 Å². The minimum absolute atomic E-state index is 0.150. The molecule has 0 bridgehead atoms. The number of aromatic nitrogens is 1. The van der Waals surface area contributed by atoms with Gasteiger partial charge in [0.05, 0.1) is 11.7 Å². The molecule has 4 aromatic rings. The van der Waals surface area contributed by atoms with E-state index in [1.54, 1.807) is 0 Å². The normalized spacial score (nSPS) is 17.6. The quantitative estimate of drug-likeness (QED) is 0.290. The van der Waals surface area contributed by atoms with Gasteiger partial charge in [0.25, 0.3) is 0 Å². The first-order valence-corrected chi connectivity index (χ1v) is 12.3. The van der Waals surface area contributed by atoms with E-state index >= 15 is 0 Å². The first kappa shape index (κ1) is 22.6. The number of hydrogen-bond acceptors (Lipinski definition) is 4. The Morgan fingerprint density at radius 3 is 2.50 bits per heavy atom. The number of nitrogens with one attached hydrogen (secondary N) is 1. The second-order valence-corrected chi connectivity index (χ2v) is 9.83. The fraction of sp³-hybridized carbons (Fsp3) is 0.185. The number of rotatable bonds is 5. The van der Waals surface area contributed by atoms with Crippen LogP contribution >= 0.6 is 28.1 Å². The van der Waals surface area contributed by atoms with Gasteiger partial charge < -0.3 is 19.5 Å². The van der Waals surface area contributed by atoms with E-state index in [1.165, 1.54) is 5.56 Å². The third-order valence-corrected chi connectivity index (χ3v) is 7.02. The van der Waals surface area contributed by atoms with Gasteiger partial charge in [-0.05, 0) is 85.4 Å². The Balaban J connectivity index is 1.58. The minimum Gasteiger partial charge on any atom is -0.459 e. The number of aryl methyl sites for hydroxylation is 1. The maximum atomic E-state index is 6.48. The second kappa shape index (κ2) is 9.24. The van der Waals surface area contributed by atoms with Gasteiger partial charge in [0.2, 0.25) is 0 Å². The molecule has 1 saturated heterocycles. The van der Waals surface area contributed by atoms with Crippen molar-refractivity contribution in [2.45, 2.75) is 19.0 Å². The van der Waals surface area contributed by atoms with E-state index in [2.05, 4.69) is 85.4 Å². The number of furan rings is 1. The molecule has 5 nitrogen and oxygen atoms in total. The number of pyridine rings is 1. The SMILES string of the molecule is Cc1ccc(-c2ccc(C3C(c4ccccn4)NC(=S)N3c3ccc(N(C)C)cc3)o2)c(Br)c1. The lowest BCUT2D eigenvalue weighted by atomic mass is 10.0. The van der Waals surface area contributed by atoms with E-state index in [0.29, 0.717) is 5.11 Å². The van der Waals surface area contributed by atoms with Crippen molar-refractivity contribution in [3.05, 3.63) is 100 Å². The summed E-state index contributed by atoms with van der Waals surface area (Å²) in [5.74, 6) is 1.63. The second-order valence-electron chi connectivity index (χ2n) is 8.59. The van der Waals surface area contributed by atoms with Gasteiger partial charge in [-0.2, -0.15) is 0 Å². The highest BCUT2D eigenvalue weighted by Gasteiger charge is 2.42. The van der Waals surface area contributed by atoms with Gasteiger partial charge in [-0.1, -0.05) is 28.1 Å². The zero-order valence-electron chi connectivity index (χ0n) is 19.2. The van der Waals surface area contributed by atoms with E-state index in [1.807, 2.05) is 50.6 Å². The molecule has 7 heteroatoms. The van der Waals surface area contributed by atoms with Gasteiger partial charge in [-0.25, -0.2) is 0 Å². The summed E-state index contributed by atoms with van der Waals surface area (Å²) in [6, 6.07) is 24.3. The third kappa shape index (κ3) is 4.21. The topological polar surface area (TPSA) is 44.5 Å². The lowest BCUT2D eigenvalue weighted by Crippen LogP contribution is -2.29. The summed E-state index contributed by atoms with van der Waals surface area (Å²) in [5.41, 5.74) is 5.25. The summed E-state index contributed by atoms with van der Waals surface area (Å²) in [6.45, 7) is 2.07. The van der Waals surface area contributed by atoms with Crippen LogP contribution in [0.4, 0.5) is 11.4 Å². The first-order chi connectivity index (χ1) is 16.4. The molecule has 1 N–H and O–H groups in total. The fourth-order valence-electron chi connectivity index (χ4n) is 4.31. The van der Waals surface area contributed by atoms with E-state index in [9.17, 15) is 0 Å². The molecule has 2 aromatic carbocycles. The maximum Gasteiger partial charge on any atom is 0.174 e. The number of nitrogens with zero attached hydrogens (tertiary/aromatic N) is 3. The monoisotopic (exact) mass is 532 g/mol. The molecule has 2 atom stereocenters. The summed E-state index contributed by atoms with van der Waals surface area (Å²) < 4.78 is 7.49. The largest absolute Gasteiger partial charge is 0.459 e. The van der Waals surface area contributed by atoms with Gasteiger partial charge in [0.1, 0.15) is 17.6 Å². The van der Waals surface area contributed by atoms with Crippen LogP contribution in [0.5, 0.6) is 0 Å². The molecule has 0 amide bonds. The van der Waals surface area contributed by atoms with Crippen LogP contribution in [0.3, 0.4) is 0 Å². The predicted octanol–water partition coefficient (Wildman–Crippen LogP) is 6.66. The number of benzene rings is 2. The summed E-state index contributed by atoms with van der Waals surface area (Å²) in [6.07, 6.45) is 1.81. The van der Waals surface area contributed by atoms with Crippen molar-refractivity contribution in [1.82, 2.24) is 10.3 Å². The average Bonchev–Trinajstić information content (AvgIpc) is 3.44. The maximum absolute atomic E-state index is 6.48. The minimum atomic E-state index is -0.189. The average molecular weight is 533 g/mol. The summed E-state index contributed by atoms with van der Waals surface area (Å²) in [4.78, 5) is 8.83. The fourth-order valence-corrected chi connectivity index (χ4v) is 5.34. The van der Waals surface area contributed by atoms with Crippen LogP contribution in [0, 0.1) is 6.92 Å².